The van der Waals surface area contributed by atoms with Crippen molar-refractivity contribution in [3.63, 3.8) is 0 Å². The maximum Gasteiger partial charge on any atom is 0.265 e. The first-order valence-corrected chi connectivity index (χ1v) is 10.6. The molecular formula is C22H22ClFN4O3. The third-order valence-corrected chi connectivity index (χ3v) is 5.90. The van der Waals surface area contributed by atoms with Crippen LogP contribution in [0.25, 0.3) is 0 Å². The molecular weight excluding hydrogens is 423 g/mol. The molecule has 2 aromatic rings. The van der Waals surface area contributed by atoms with E-state index in [4.69, 9.17) is 11.6 Å². The number of piperazine rings is 1. The summed E-state index contributed by atoms with van der Waals surface area (Å²) in [7, 11) is 0. The fraction of sp³-hybridized carbons (Fsp3) is 0.318. The number of carbonyl (C=O) groups is 3. The lowest BCUT2D eigenvalue weighted by Crippen LogP contribution is -2.51. The molecule has 31 heavy (non-hydrogen) atoms. The van der Waals surface area contributed by atoms with Crippen molar-refractivity contribution in [3.8, 4) is 0 Å². The average molecular weight is 445 g/mol. The van der Waals surface area contributed by atoms with Crippen molar-refractivity contribution in [1.82, 2.24) is 20.7 Å². The third-order valence-electron chi connectivity index (χ3n) is 5.68. The number of hydrogen-bond donors (Lipinski definition) is 2. The van der Waals surface area contributed by atoms with Gasteiger partial charge in [0.2, 0.25) is 5.91 Å². The van der Waals surface area contributed by atoms with Gasteiger partial charge in [0.15, 0.2) is 0 Å². The Labute approximate surface area is 184 Å². The summed E-state index contributed by atoms with van der Waals surface area (Å²) in [4.78, 5) is 39.8. The van der Waals surface area contributed by atoms with Crippen molar-refractivity contribution in [1.29, 1.82) is 0 Å². The normalized spacial score (nSPS) is 18.4. The molecule has 2 aliphatic heterocycles. The van der Waals surface area contributed by atoms with E-state index in [9.17, 15) is 18.8 Å². The highest BCUT2D eigenvalue weighted by molar-refractivity contribution is 6.27. The van der Waals surface area contributed by atoms with Gasteiger partial charge in [-0.1, -0.05) is 24.3 Å². The number of alkyl halides is 1. The summed E-state index contributed by atoms with van der Waals surface area (Å²) >= 11 is 5.59. The minimum absolute atomic E-state index is 0.00255. The zero-order valence-corrected chi connectivity index (χ0v) is 17.5. The summed E-state index contributed by atoms with van der Waals surface area (Å²) < 4.78 is 14.5. The van der Waals surface area contributed by atoms with Gasteiger partial charge in [0.05, 0.1) is 11.6 Å². The van der Waals surface area contributed by atoms with E-state index in [2.05, 4.69) is 10.9 Å². The summed E-state index contributed by atoms with van der Waals surface area (Å²) in [6.45, 7) is 1.41. The van der Waals surface area contributed by atoms with Crippen molar-refractivity contribution >= 4 is 29.3 Å². The Kier molecular flexibility index (Phi) is 6.20. The summed E-state index contributed by atoms with van der Waals surface area (Å²) in [5, 5.41) is 0. The van der Waals surface area contributed by atoms with Gasteiger partial charge in [-0.05, 0) is 35.7 Å². The van der Waals surface area contributed by atoms with Gasteiger partial charge in [-0.2, -0.15) is 0 Å². The molecule has 9 heteroatoms. The molecule has 7 nitrogen and oxygen atoms in total. The Bertz CT molecular complexity index is 1020. The van der Waals surface area contributed by atoms with Crippen LogP contribution in [-0.4, -0.2) is 59.6 Å². The molecule has 0 spiro atoms. The van der Waals surface area contributed by atoms with Crippen LogP contribution in [0, 0.1) is 5.82 Å². The van der Waals surface area contributed by atoms with Crippen molar-refractivity contribution in [3.05, 3.63) is 70.5 Å². The Balaban J connectivity index is 1.49. The smallest absolute Gasteiger partial charge is 0.265 e. The number of carbonyl (C=O) groups excluding carboxylic acids is 3. The van der Waals surface area contributed by atoms with E-state index in [1.807, 2.05) is 12.1 Å². The van der Waals surface area contributed by atoms with Crippen LogP contribution >= 0.6 is 11.6 Å². The first-order chi connectivity index (χ1) is 15.0. The first kappa shape index (κ1) is 21.3. The number of fused-ring (bicyclic) bond motifs is 1. The number of amides is 3. The topological polar surface area (TPSA) is 81.8 Å². The highest BCUT2D eigenvalue weighted by atomic mass is 35.5. The summed E-state index contributed by atoms with van der Waals surface area (Å²) in [6.07, 6.45) is 0.468. The highest BCUT2D eigenvalue weighted by Crippen LogP contribution is 2.25. The van der Waals surface area contributed by atoms with Gasteiger partial charge in [0.1, 0.15) is 11.7 Å². The van der Waals surface area contributed by atoms with Gasteiger partial charge >= 0.3 is 0 Å². The zero-order chi connectivity index (χ0) is 22.0. The Morgan fingerprint density at radius 1 is 1.06 bits per heavy atom. The van der Waals surface area contributed by atoms with E-state index >= 15 is 0 Å². The summed E-state index contributed by atoms with van der Waals surface area (Å²) in [5.74, 6) is -1.45. The number of benzene rings is 2. The number of nitrogens with zero attached hydrogens (tertiary/aromatic N) is 2. The number of nitrogens with one attached hydrogen (secondary N) is 2. The van der Waals surface area contributed by atoms with Crippen molar-refractivity contribution < 1.29 is 18.8 Å². The molecule has 0 aromatic heterocycles. The second-order valence-electron chi connectivity index (χ2n) is 7.56. The van der Waals surface area contributed by atoms with Crippen molar-refractivity contribution in [2.75, 3.05) is 32.1 Å². The van der Waals surface area contributed by atoms with Gasteiger partial charge in [-0.15, -0.1) is 11.6 Å². The second-order valence-corrected chi connectivity index (χ2v) is 7.83. The van der Waals surface area contributed by atoms with E-state index < -0.39 is 11.7 Å². The van der Waals surface area contributed by atoms with Gasteiger partial charge in [-0.25, -0.2) is 9.82 Å². The largest absolute Gasteiger partial charge is 0.338 e. The van der Waals surface area contributed by atoms with E-state index in [-0.39, 0.29) is 29.3 Å². The van der Waals surface area contributed by atoms with Gasteiger partial charge in [0.25, 0.3) is 11.8 Å². The number of halogens is 2. The molecule has 3 amide bonds. The Morgan fingerprint density at radius 3 is 2.52 bits per heavy atom. The summed E-state index contributed by atoms with van der Waals surface area (Å²) in [6, 6.07) is 11.6. The van der Waals surface area contributed by atoms with Crippen LogP contribution in [0.3, 0.4) is 0 Å². The molecule has 0 saturated carbocycles. The molecule has 2 aliphatic rings. The predicted octanol–water partition coefficient (Wildman–Crippen LogP) is 1.88. The lowest BCUT2D eigenvalue weighted by atomic mass is 9.93. The number of hydrazine groups is 1. The molecule has 0 radical (unpaired) electrons. The molecule has 162 valence electrons. The van der Waals surface area contributed by atoms with Crippen LogP contribution in [0.5, 0.6) is 0 Å². The Hall–Kier alpha value is -2.97. The molecule has 1 atom stereocenters. The van der Waals surface area contributed by atoms with Gasteiger partial charge in [0, 0.05) is 31.7 Å². The van der Waals surface area contributed by atoms with Crippen LogP contribution in [0.1, 0.15) is 37.9 Å². The fourth-order valence-electron chi connectivity index (χ4n) is 3.98. The second kappa shape index (κ2) is 9.03. The number of rotatable bonds is 4. The monoisotopic (exact) mass is 444 g/mol. The molecule has 1 fully saturated rings. The van der Waals surface area contributed by atoms with Crippen molar-refractivity contribution in [2.24, 2.45) is 0 Å². The lowest BCUT2D eigenvalue weighted by Gasteiger charge is -2.34. The van der Waals surface area contributed by atoms with Crippen LogP contribution in [0.2, 0.25) is 0 Å². The highest BCUT2D eigenvalue weighted by Gasteiger charge is 2.28. The van der Waals surface area contributed by atoms with Crippen LogP contribution in [0.15, 0.2) is 42.5 Å². The lowest BCUT2D eigenvalue weighted by molar-refractivity contribution is -0.129. The van der Waals surface area contributed by atoms with E-state index in [1.54, 1.807) is 34.1 Å². The number of hydrogen-bond acceptors (Lipinski definition) is 4. The molecule has 4 rings (SSSR count). The third kappa shape index (κ3) is 4.40. The average Bonchev–Trinajstić information content (AvgIpc) is 2.81. The van der Waals surface area contributed by atoms with E-state index in [0.717, 1.165) is 11.1 Å². The van der Waals surface area contributed by atoms with Gasteiger partial charge in [-0.3, -0.25) is 19.8 Å². The van der Waals surface area contributed by atoms with E-state index in [0.29, 0.717) is 38.2 Å². The molecule has 2 heterocycles. The summed E-state index contributed by atoms with van der Waals surface area (Å²) in [5.41, 5.74) is 7.84. The maximum atomic E-state index is 14.5. The standard InChI is InChI=1S/C22H22ClFN4O3/c23-13-20(29)27-7-9-28(10-8-27)22(31)17-11-14(5-6-18(17)24)12-19-15-3-1-2-4-16(15)21(30)26-25-19/h1-6,11,19,25H,7-10,12-13H2,(H,26,30). The zero-order valence-electron chi connectivity index (χ0n) is 16.7. The predicted molar refractivity (Wildman–Crippen MR) is 113 cm³/mol. The minimum atomic E-state index is -0.585. The Morgan fingerprint density at radius 2 is 1.77 bits per heavy atom. The van der Waals surface area contributed by atoms with Crippen molar-refractivity contribution in [2.45, 2.75) is 12.5 Å². The fourth-order valence-corrected chi connectivity index (χ4v) is 4.15. The molecule has 0 bridgehead atoms. The van der Waals surface area contributed by atoms with Crippen LogP contribution in [-0.2, 0) is 11.2 Å². The molecule has 2 N–H and O–H groups in total. The molecule has 0 aliphatic carbocycles. The quantitative estimate of drug-likeness (QED) is 0.705. The molecule has 2 aromatic carbocycles. The van der Waals surface area contributed by atoms with E-state index in [1.165, 1.54) is 6.07 Å². The van der Waals surface area contributed by atoms with Gasteiger partial charge < -0.3 is 9.80 Å². The first-order valence-electron chi connectivity index (χ1n) is 10.0. The minimum Gasteiger partial charge on any atom is -0.338 e. The molecule has 1 unspecified atom stereocenters. The van der Waals surface area contributed by atoms with Crippen LogP contribution in [0.4, 0.5) is 4.39 Å². The SMILES string of the molecule is O=C1NNC(Cc2ccc(F)c(C(=O)N3CCN(C(=O)CCl)CC3)c2)c2ccccc21. The maximum absolute atomic E-state index is 14.5. The van der Waals surface area contributed by atoms with Crippen LogP contribution < -0.4 is 10.9 Å². The molecule has 1 saturated heterocycles.